The summed E-state index contributed by atoms with van der Waals surface area (Å²) in [6, 6.07) is 7.27. The number of benzene rings is 1. The lowest BCUT2D eigenvalue weighted by Crippen LogP contribution is -2.12. The fraction of sp³-hybridized carbons (Fsp3) is 0.200. The number of anilines is 2. The Hall–Kier alpha value is -1.84. The highest BCUT2D eigenvalue weighted by atomic mass is 79.9. The van der Waals surface area contributed by atoms with Gasteiger partial charge in [-0.1, -0.05) is 0 Å². The summed E-state index contributed by atoms with van der Waals surface area (Å²) >= 11 is 4.81. The van der Waals surface area contributed by atoms with E-state index in [-0.39, 0.29) is 5.91 Å². The van der Waals surface area contributed by atoms with E-state index in [0.717, 1.165) is 29.3 Å². The predicted molar refractivity (Wildman–Crippen MR) is 87.6 cm³/mol. The van der Waals surface area contributed by atoms with Gasteiger partial charge < -0.3 is 11.1 Å². The summed E-state index contributed by atoms with van der Waals surface area (Å²) in [6.07, 6.45) is 3.01. The Kier molecular flexibility index (Phi) is 3.70. The molecule has 0 fully saturated rings. The zero-order chi connectivity index (χ0) is 15.0. The number of nitrogens with zero attached hydrogens (tertiary/aromatic N) is 1. The minimum atomic E-state index is -0.245. The molecule has 3 N–H and O–H groups in total. The third-order valence-electron chi connectivity index (χ3n) is 3.52. The molecule has 0 bridgehead atoms. The second-order valence-electron chi connectivity index (χ2n) is 4.86. The highest BCUT2D eigenvalue weighted by molar-refractivity contribution is 9.10. The number of rotatable bonds is 2. The minimum absolute atomic E-state index is 0.245. The van der Waals surface area contributed by atoms with Crippen LogP contribution in [0.1, 0.15) is 32.8 Å². The van der Waals surface area contributed by atoms with Crippen LogP contribution in [0.25, 0.3) is 0 Å². The molecular weight excluding hydrogens is 350 g/mol. The van der Waals surface area contributed by atoms with E-state index in [1.807, 2.05) is 0 Å². The van der Waals surface area contributed by atoms with E-state index in [4.69, 9.17) is 5.73 Å². The van der Waals surface area contributed by atoms with Crippen molar-refractivity contribution < 1.29 is 4.79 Å². The first-order chi connectivity index (χ1) is 10.1. The van der Waals surface area contributed by atoms with E-state index >= 15 is 0 Å². The number of carbonyl (C=O) groups is 1. The number of hydrogen-bond acceptors (Lipinski definition) is 4. The van der Waals surface area contributed by atoms with Crippen molar-refractivity contribution in [2.24, 2.45) is 0 Å². The number of halogens is 1. The van der Waals surface area contributed by atoms with E-state index in [1.54, 1.807) is 18.2 Å². The van der Waals surface area contributed by atoms with Crippen LogP contribution >= 0.6 is 27.3 Å². The van der Waals surface area contributed by atoms with Crippen LogP contribution in [-0.4, -0.2) is 5.91 Å². The zero-order valence-electron chi connectivity index (χ0n) is 11.1. The van der Waals surface area contributed by atoms with Gasteiger partial charge in [-0.3, -0.25) is 4.79 Å². The lowest BCUT2D eigenvalue weighted by Gasteiger charge is -2.06. The first kappa shape index (κ1) is 14.1. The number of carbonyl (C=O) groups excluding carboxylic acids is 1. The summed E-state index contributed by atoms with van der Waals surface area (Å²) in [4.78, 5) is 13.5. The van der Waals surface area contributed by atoms with Crippen LogP contribution in [0, 0.1) is 11.3 Å². The van der Waals surface area contributed by atoms with Gasteiger partial charge in [0.1, 0.15) is 11.1 Å². The molecule has 1 aliphatic rings. The first-order valence-corrected chi connectivity index (χ1v) is 8.12. The molecule has 0 saturated carbocycles. The van der Waals surface area contributed by atoms with Crippen LogP contribution in [0.5, 0.6) is 0 Å². The van der Waals surface area contributed by atoms with Crippen molar-refractivity contribution in [2.75, 3.05) is 11.1 Å². The predicted octanol–water partition coefficient (Wildman–Crippen LogP) is 3.71. The number of aryl methyl sites for hydroxylation is 1. The third-order valence-corrected chi connectivity index (χ3v) is 5.45. The molecule has 1 heterocycles. The fourth-order valence-corrected chi connectivity index (χ4v) is 3.95. The fourth-order valence-electron chi connectivity index (χ4n) is 2.47. The normalized spacial score (nSPS) is 12.8. The van der Waals surface area contributed by atoms with Gasteiger partial charge in [-0.25, -0.2) is 0 Å². The summed E-state index contributed by atoms with van der Waals surface area (Å²) in [5.74, 6) is -0.245. The van der Waals surface area contributed by atoms with Crippen molar-refractivity contribution in [3.63, 3.8) is 0 Å². The Labute approximate surface area is 134 Å². The topological polar surface area (TPSA) is 78.9 Å². The molecule has 21 heavy (non-hydrogen) atoms. The Morgan fingerprint density at radius 1 is 1.43 bits per heavy atom. The molecule has 3 rings (SSSR count). The van der Waals surface area contributed by atoms with Crippen molar-refractivity contribution in [3.8, 4) is 6.07 Å². The number of nitrogen functional groups attached to an aromatic ring is 1. The molecule has 0 saturated heterocycles. The van der Waals surface area contributed by atoms with Crippen LogP contribution in [0.4, 0.5) is 10.7 Å². The third kappa shape index (κ3) is 2.55. The molecule has 0 atom stereocenters. The van der Waals surface area contributed by atoms with Crippen molar-refractivity contribution in [3.05, 3.63) is 44.2 Å². The van der Waals surface area contributed by atoms with Gasteiger partial charge in [0, 0.05) is 20.6 Å². The Morgan fingerprint density at radius 3 is 2.95 bits per heavy atom. The maximum absolute atomic E-state index is 12.3. The highest BCUT2D eigenvalue weighted by Gasteiger charge is 2.23. The Morgan fingerprint density at radius 2 is 2.24 bits per heavy atom. The molecule has 4 nitrogen and oxygen atoms in total. The molecule has 106 valence electrons. The summed E-state index contributed by atoms with van der Waals surface area (Å²) < 4.78 is 0.756. The molecule has 0 aliphatic heterocycles. The van der Waals surface area contributed by atoms with Crippen LogP contribution < -0.4 is 11.1 Å². The van der Waals surface area contributed by atoms with Crippen LogP contribution in [0.15, 0.2) is 22.7 Å². The van der Waals surface area contributed by atoms with Crippen LogP contribution in [0.3, 0.4) is 0 Å². The molecule has 1 aliphatic carbocycles. The smallest absolute Gasteiger partial charge is 0.256 e. The molecule has 1 amide bonds. The number of thiophene rings is 1. The minimum Gasteiger partial charge on any atom is -0.398 e. The van der Waals surface area contributed by atoms with E-state index in [9.17, 15) is 10.1 Å². The zero-order valence-corrected chi connectivity index (χ0v) is 13.5. The van der Waals surface area contributed by atoms with Gasteiger partial charge in [0.15, 0.2) is 0 Å². The number of nitrogens with one attached hydrogen (secondary N) is 1. The van der Waals surface area contributed by atoms with E-state index in [1.165, 1.54) is 16.2 Å². The maximum Gasteiger partial charge on any atom is 0.256 e. The lowest BCUT2D eigenvalue weighted by molar-refractivity contribution is 0.102. The second-order valence-corrected chi connectivity index (χ2v) is 6.82. The number of nitriles is 1. The first-order valence-electron chi connectivity index (χ1n) is 6.51. The van der Waals surface area contributed by atoms with Crippen LogP contribution in [-0.2, 0) is 12.8 Å². The molecule has 0 radical (unpaired) electrons. The Bertz CT molecular complexity index is 776. The molecule has 1 aromatic carbocycles. The van der Waals surface area contributed by atoms with Gasteiger partial charge in [0.2, 0.25) is 0 Å². The van der Waals surface area contributed by atoms with E-state index in [2.05, 4.69) is 27.3 Å². The summed E-state index contributed by atoms with van der Waals surface area (Å²) in [6.45, 7) is 0. The van der Waals surface area contributed by atoms with Gasteiger partial charge in [-0.05, 0) is 59.0 Å². The largest absolute Gasteiger partial charge is 0.398 e. The van der Waals surface area contributed by atoms with Crippen LogP contribution in [0.2, 0.25) is 0 Å². The van der Waals surface area contributed by atoms with Crippen molar-refractivity contribution in [1.82, 2.24) is 0 Å². The van der Waals surface area contributed by atoms with Gasteiger partial charge in [0.05, 0.1) is 5.56 Å². The number of amides is 1. The number of fused-ring (bicyclic) bond motifs is 1. The summed E-state index contributed by atoms with van der Waals surface area (Å²) in [7, 11) is 0. The van der Waals surface area contributed by atoms with Gasteiger partial charge >= 0.3 is 0 Å². The van der Waals surface area contributed by atoms with Gasteiger partial charge in [0.25, 0.3) is 5.91 Å². The highest BCUT2D eigenvalue weighted by Crippen LogP contribution is 2.38. The maximum atomic E-state index is 12.3. The van der Waals surface area contributed by atoms with E-state index < -0.39 is 0 Å². The monoisotopic (exact) mass is 361 g/mol. The quantitative estimate of drug-likeness (QED) is 0.800. The lowest BCUT2D eigenvalue weighted by atomic mass is 10.1. The standard InChI is InChI=1S/C15H12BrN3OS/c16-11-5-4-8(6-12(11)18)14(20)19-15-10(7-17)9-2-1-3-13(9)21-15/h4-6H,1-3,18H2,(H,19,20). The van der Waals surface area contributed by atoms with E-state index in [0.29, 0.717) is 21.8 Å². The van der Waals surface area contributed by atoms with Crippen molar-refractivity contribution in [1.29, 1.82) is 5.26 Å². The number of hydrogen-bond donors (Lipinski definition) is 2. The molecule has 6 heteroatoms. The number of nitrogens with two attached hydrogens (primary N) is 1. The molecule has 2 aromatic rings. The SMILES string of the molecule is N#Cc1c(NC(=O)c2ccc(Br)c(N)c2)sc2c1CCC2. The molecular formula is C15H12BrN3OS. The second kappa shape index (κ2) is 5.51. The average Bonchev–Trinajstić information content (AvgIpc) is 3.02. The average molecular weight is 362 g/mol. The molecule has 1 aromatic heterocycles. The molecule has 0 unspecified atom stereocenters. The van der Waals surface area contributed by atoms with Crippen molar-refractivity contribution >= 4 is 43.9 Å². The molecule has 0 spiro atoms. The summed E-state index contributed by atoms with van der Waals surface area (Å²) in [5, 5.41) is 12.8. The van der Waals surface area contributed by atoms with Gasteiger partial charge in [-0.2, -0.15) is 5.26 Å². The summed E-state index contributed by atoms with van der Waals surface area (Å²) in [5.41, 5.74) is 8.50. The Balaban J connectivity index is 1.88. The van der Waals surface area contributed by atoms with Crippen molar-refractivity contribution in [2.45, 2.75) is 19.3 Å². The van der Waals surface area contributed by atoms with Gasteiger partial charge in [-0.15, -0.1) is 11.3 Å².